The Labute approximate surface area is 99.3 Å². The van der Waals surface area contributed by atoms with Gasteiger partial charge in [-0.3, -0.25) is 0 Å². The molecule has 0 aliphatic carbocycles. The molecule has 1 heterocycles. The number of ether oxygens (including phenoxy) is 2. The average molecular weight is 241 g/mol. The molecule has 2 rings (SSSR count). The molecule has 0 saturated heterocycles. The number of rotatable bonds is 3. The summed E-state index contributed by atoms with van der Waals surface area (Å²) in [6, 6.07) is 3.54. The molecule has 0 bridgehead atoms. The van der Waals surface area contributed by atoms with Crippen molar-refractivity contribution in [3.63, 3.8) is 0 Å². The second-order valence-corrected chi connectivity index (χ2v) is 4.05. The zero-order valence-electron chi connectivity index (χ0n) is 8.78. The van der Waals surface area contributed by atoms with Gasteiger partial charge in [0.15, 0.2) is 17.6 Å². The maximum absolute atomic E-state index is 9.04. The molecule has 1 N–H and O–H groups in total. The first-order valence-corrected chi connectivity index (χ1v) is 5.46. The van der Waals surface area contributed by atoms with E-state index in [1.54, 1.807) is 12.1 Å². The first-order chi connectivity index (χ1) is 7.74. The van der Waals surface area contributed by atoms with Crippen LogP contribution in [-0.4, -0.2) is 24.4 Å². The van der Waals surface area contributed by atoms with Crippen LogP contribution in [-0.2, 0) is 6.42 Å². The number of benzene rings is 1. The largest absolute Gasteiger partial charge is 0.486 e. The van der Waals surface area contributed by atoms with Gasteiger partial charge in [0.05, 0.1) is 6.61 Å². The van der Waals surface area contributed by atoms with Crippen molar-refractivity contribution in [2.75, 3.05) is 13.2 Å². The SMILES string of the molecule is C=CCc1cc(Cl)cc2c1O[C@@H](CO)CO2. The van der Waals surface area contributed by atoms with Crippen molar-refractivity contribution in [3.8, 4) is 11.5 Å². The molecular weight excluding hydrogens is 228 g/mol. The van der Waals surface area contributed by atoms with Crippen LogP contribution in [0.2, 0.25) is 5.02 Å². The third-order valence-electron chi connectivity index (χ3n) is 2.37. The molecule has 86 valence electrons. The lowest BCUT2D eigenvalue weighted by atomic mass is 10.1. The fourth-order valence-corrected chi connectivity index (χ4v) is 1.87. The summed E-state index contributed by atoms with van der Waals surface area (Å²) in [5, 5.41) is 9.65. The number of aliphatic hydroxyl groups is 1. The Morgan fingerprint density at radius 2 is 2.38 bits per heavy atom. The summed E-state index contributed by atoms with van der Waals surface area (Å²) < 4.78 is 11.1. The van der Waals surface area contributed by atoms with Gasteiger partial charge in [-0.1, -0.05) is 17.7 Å². The van der Waals surface area contributed by atoms with E-state index in [1.165, 1.54) is 0 Å². The van der Waals surface area contributed by atoms with E-state index < -0.39 is 0 Å². The Morgan fingerprint density at radius 3 is 3.06 bits per heavy atom. The van der Waals surface area contributed by atoms with Crippen LogP contribution >= 0.6 is 11.6 Å². The van der Waals surface area contributed by atoms with Crippen LogP contribution in [0.5, 0.6) is 11.5 Å². The van der Waals surface area contributed by atoms with Gasteiger partial charge in [-0.25, -0.2) is 0 Å². The van der Waals surface area contributed by atoms with Gasteiger partial charge in [0.1, 0.15) is 6.61 Å². The smallest absolute Gasteiger partial charge is 0.165 e. The summed E-state index contributed by atoms with van der Waals surface area (Å²) in [6.07, 6.45) is 2.12. The standard InChI is InChI=1S/C12H13ClO3/c1-2-3-8-4-9(13)5-11-12(8)16-10(6-14)7-15-11/h2,4-5,10,14H,1,3,6-7H2/t10-/m0/s1. The fourth-order valence-electron chi connectivity index (χ4n) is 1.64. The van der Waals surface area contributed by atoms with E-state index in [-0.39, 0.29) is 12.7 Å². The third kappa shape index (κ3) is 2.15. The summed E-state index contributed by atoms with van der Waals surface area (Å²) in [4.78, 5) is 0. The lowest BCUT2D eigenvalue weighted by molar-refractivity contribution is 0.0448. The summed E-state index contributed by atoms with van der Waals surface area (Å²) in [6.45, 7) is 3.97. The average Bonchev–Trinajstić information content (AvgIpc) is 2.29. The highest BCUT2D eigenvalue weighted by Crippen LogP contribution is 2.38. The van der Waals surface area contributed by atoms with Gasteiger partial charge in [-0.15, -0.1) is 6.58 Å². The highest BCUT2D eigenvalue weighted by Gasteiger charge is 2.23. The molecule has 1 atom stereocenters. The predicted octanol–water partition coefficient (Wildman–Crippen LogP) is 2.20. The molecule has 1 aliphatic heterocycles. The summed E-state index contributed by atoms with van der Waals surface area (Å²) in [5.41, 5.74) is 0.927. The van der Waals surface area contributed by atoms with Gasteiger partial charge in [0.25, 0.3) is 0 Å². The molecule has 1 aliphatic rings. The Hall–Kier alpha value is -1.19. The second-order valence-electron chi connectivity index (χ2n) is 3.62. The van der Waals surface area contributed by atoms with Crippen molar-refractivity contribution in [2.45, 2.75) is 12.5 Å². The van der Waals surface area contributed by atoms with E-state index in [0.29, 0.717) is 29.5 Å². The first kappa shape index (κ1) is 11.3. The Balaban J connectivity index is 2.38. The highest BCUT2D eigenvalue weighted by molar-refractivity contribution is 6.30. The maximum Gasteiger partial charge on any atom is 0.165 e. The van der Waals surface area contributed by atoms with Gasteiger partial charge >= 0.3 is 0 Å². The predicted molar refractivity (Wildman–Crippen MR) is 62.3 cm³/mol. The molecule has 0 unspecified atom stereocenters. The minimum Gasteiger partial charge on any atom is -0.486 e. The van der Waals surface area contributed by atoms with E-state index in [4.69, 9.17) is 26.2 Å². The van der Waals surface area contributed by atoms with Crippen LogP contribution in [0.3, 0.4) is 0 Å². The minimum absolute atomic E-state index is 0.0599. The Morgan fingerprint density at radius 1 is 1.56 bits per heavy atom. The van der Waals surface area contributed by atoms with Gasteiger partial charge in [0.2, 0.25) is 0 Å². The number of hydrogen-bond donors (Lipinski definition) is 1. The van der Waals surface area contributed by atoms with Crippen LogP contribution in [0.25, 0.3) is 0 Å². The van der Waals surface area contributed by atoms with Crippen molar-refractivity contribution in [1.29, 1.82) is 0 Å². The van der Waals surface area contributed by atoms with Crippen LogP contribution in [0.1, 0.15) is 5.56 Å². The molecule has 4 heteroatoms. The topological polar surface area (TPSA) is 38.7 Å². The van der Waals surface area contributed by atoms with Crippen LogP contribution in [0, 0.1) is 0 Å². The number of aliphatic hydroxyl groups excluding tert-OH is 1. The van der Waals surface area contributed by atoms with Gasteiger partial charge < -0.3 is 14.6 Å². The molecule has 3 nitrogen and oxygen atoms in total. The molecular formula is C12H13ClO3. The van der Waals surface area contributed by atoms with Gasteiger partial charge in [-0.05, 0) is 12.5 Å². The van der Waals surface area contributed by atoms with Crippen LogP contribution in [0.15, 0.2) is 24.8 Å². The van der Waals surface area contributed by atoms with Crippen molar-refractivity contribution in [1.82, 2.24) is 0 Å². The summed E-state index contributed by atoms with van der Waals surface area (Å²) >= 11 is 5.97. The van der Waals surface area contributed by atoms with E-state index in [1.807, 2.05) is 6.07 Å². The Bertz CT molecular complexity index is 403. The Kier molecular flexibility index (Phi) is 3.36. The summed E-state index contributed by atoms with van der Waals surface area (Å²) in [7, 11) is 0. The van der Waals surface area contributed by atoms with Crippen molar-refractivity contribution in [2.24, 2.45) is 0 Å². The zero-order valence-corrected chi connectivity index (χ0v) is 9.54. The number of fused-ring (bicyclic) bond motifs is 1. The quantitative estimate of drug-likeness (QED) is 0.824. The zero-order chi connectivity index (χ0) is 11.5. The molecule has 0 saturated carbocycles. The molecule has 16 heavy (non-hydrogen) atoms. The molecule has 0 spiro atoms. The molecule has 1 aromatic rings. The molecule has 1 aromatic carbocycles. The number of allylic oxidation sites excluding steroid dienone is 1. The number of hydrogen-bond acceptors (Lipinski definition) is 3. The number of halogens is 1. The van der Waals surface area contributed by atoms with Gasteiger partial charge in [0, 0.05) is 16.7 Å². The molecule has 0 aromatic heterocycles. The lowest BCUT2D eigenvalue weighted by Crippen LogP contribution is -2.32. The van der Waals surface area contributed by atoms with E-state index >= 15 is 0 Å². The van der Waals surface area contributed by atoms with Crippen molar-refractivity contribution in [3.05, 3.63) is 35.4 Å². The summed E-state index contributed by atoms with van der Waals surface area (Å²) in [5.74, 6) is 1.30. The van der Waals surface area contributed by atoms with Crippen LogP contribution < -0.4 is 9.47 Å². The van der Waals surface area contributed by atoms with Crippen LogP contribution in [0.4, 0.5) is 0 Å². The van der Waals surface area contributed by atoms with E-state index in [2.05, 4.69) is 6.58 Å². The fraction of sp³-hybridized carbons (Fsp3) is 0.333. The maximum atomic E-state index is 9.04. The lowest BCUT2D eigenvalue weighted by Gasteiger charge is -2.27. The second kappa shape index (κ2) is 4.76. The molecule has 0 fully saturated rings. The molecule has 0 radical (unpaired) electrons. The highest BCUT2D eigenvalue weighted by atomic mass is 35.5. The van der Waals surface area contributed by atoms with Gasteiger partial charge in [-0.2, -0.15) is 0 Å². The van der Waals surface area contributed by atoms with E-state index in [0.717, 1.165) is 5.56 Å². The normalized spacial score (nSPS) is 18.2. The van der Waals surface area contributed by atoms with Crippen molar-refractivity contribution < 1.29 is 14.6 Å². The first-order valence-electron chi connectivity index (χ1n) is 5.08. The monoisotopic (exact) mass is 240 g/mol. The van der Waals surface area contributed by atoms with E-state index in [9.17, 15) is 0 Å². The molecule has 0 amide bonds. The van der Waals surface area contributed by atoms with Crippen molar-refractivity contribution >= 4 is 11.6 Å². The third-order valence-corrected chi connectivity index (χ3v) is 2.59. The minimum atomic E-state index is -0.308.